The van der Waals surface area contributed by atoms with E-state index in [0.29, 0.717) is 11.3 Å². The molecule has 0 radical (unpaired) electrons. The number of halogens is 1. The maximum atomic E-state index is 12.1. The fourth-order valence-electron chi connectivity index (χ4n) is 1.74. The van der Waals surface area contributed by atoms with Gasteiger partial charge in [0.05, 0.1) is 11.3 Å². The van der Waals surface area contributed by atoms with Gasteiger partial charge in [-0.2, -0.15) is 0 Å². The molecule has 0 saturated heterocycles. The Balaban J connectivity index is 2.73. The van der Waals surface area contributed by atoms with Crippen LogP contribution < -0.4 is 16.1 Å². The Morgan fingerprint density at radius 3 is 2.58 bits per heavy atom. The van der Waals surface area contributed by atoms with Gasteiger partial charge in [0.25, 0.3) is 5.56 Å². The molecule has 0 bridgehead atoms. The maximum Gasteiger partial charge on any atom is 0.334 e. The minimum Gasteiger partial charge on any atom is -0.378 e. The molecule has 6 heteroatoms. The predicted molar refractivity (Wildman–Crippen MR) is 76.7 cm³/mol. The molecule has 0 amide bonds. The largest absolute Gasteiger partial charge is 0.378 e. The van der Waals surface area contributed by atoms with Gasteiger partial charge in [-0.3, -0.25) is 9.78 Å². The Labute approximate surface area is 115 Å². The topological polar surface area (TPSA) is 58.1 Å². The Kier molecular flexibility index (Phi) is 3.48. The van der Waals surface area contributed by atoms with E-state index in [1.54, 1.807) is 25.1 Å². The van der Waals surface area contributed by atoms with Crippen molar-refractivity contribution in [2.45, 2.75) is 6.92 Å². The third kappa shape index (κ3) is 2.42. The normalized spacial score (nSPS) is 10.5. The zero-order chi connectivity index (χ0) is 14.2. The molecule has 1 aromatic heterocycles. The van der Waals surface area contributed by atoms with Crippen LogP contribution in [0.1, 0.15) is 5.56 Å². The molecular weight excluding hydrogens is 266 g/mol. The summed E-state index contributed by atoms with van der Waals surface area (Å²) in [6, 6.07) is 7.16. The number of aromatic amines is 1. The molecule has 19 heavy (non-hydrogen) atoms. The van der Waals surface area contributed by atoms with Gasteiger partial charge in [0.2, 0.25) is 0 Å². The van der Waals surface area contributed by atoms with Crippen molar-refractivity contribution in [2.24, 2.45) is 0 Å². The number of hydrogen-bond donors (Lipinski definition) is 1. The molecule has 1 N–H and O–H groups in total. The lowest BCUT2D eigenvalue weighted by molar-refractivity contribution is 0.859. The van der Waals surface area contributed by atoms with Gasteiger partial charge in [-0.1, -0.05) is 17.7 Å². The van der Waals surface area contributed by atoms with E-state index in [9.17, 15) is 9.59 Å². The smallest absolute Gasteiger partial charge is 0.334 e. The van der Waals surface area contributed by atoms with E-state index >= 15 is 0 Å². The zero-order valence-corrected chi connectivity index (χ0v) is 11.7. The lowest BCUT2D eigenvalue weighted by Crippen LogP contribution is -2.35. The summed E-state index contributed by atoms with van der Waals surface area (Å²) in [5.74, 6) is 0. The number of aromatic nitrogens is 2. The van der Waals surface area contributed by atoms with Crippen LogP contribution in [-0.2, 0) is 0 Å². The molecule has 100 valence electrons. The number of benzene rings is 1. The molecule has 1 aromatic carbocycles. The van der Waals surface area contributed by atoms with Crippen LogP contribution in [0.3, 0.4) is 0 Å². The van der Waals surface area contributed by atoms with Crippen LogP contribution >= 0.6 is 11.6 Å². The predicted octanol–water partition coefficient (Wildman–Crippen LogP) is 1.55. The molecule has 2 aromatic rings. The highest BCUT2D eigenvalue weighted by Gasteiger charge is 2.11. The Morgan fingerprint density at radius 1 is 1.26 bits per heavy atom. The van der Waals surface area contributed by atoms with Crippen molar-refractivity contribution in [3.8, 4) is 5.69 Å². The SMILES string of the molecule is Cc1c(Cl)[nH]c(=O)n(-c2cccc(N(C)C)c2)c1=O. The van der Waals surface area contributed by atoms with Crippen molar-refractivity contribution >= 4 is 17.3 Å². The van der Waals surface area contributed by atoms with Gasteiger partial charge in [0.15, 0.2) is 0 Å². The van der Waals surface area contributed by atoms with Gasteiger partial charge in [-0.25, -0.2) is 9.36 Å². The fourth-order valence-corrected chi connectivity index (χ4v) is 1.90. The third-order valence-corrected chi connectivity index (χ3v) is 3.26. The summed E-state index contributed by atoms with van der Waals surface area (Å²) in [4.78, 5) is 28.4. The summed E-state index contributed by atoms with van der Waals surface area (Å²) < 4.78 is 1.08. The second-order valence-electron chi connectivity index (χ2n) is 4.42. The summed E-state index contributed by atoms with van der Waals surface area (Å²) in [6.45, 7) is 1.58. The van der Waals surface area contributed by atoms with E-state index in [1.165, 1.54) is 0 Å². The number of anilines is 1. The summed E-state index contributed by atoms with van der Waals surface area (Å²) in [7, 11) is 3.78. The number of rotatable bonds is 2. The van der Waals surface area contributed by atoms with E-state index in [2.05, 4.69) is 4.98 Å². The molecule has 0 aliphatic carbocycles. The minimum absolute atomic E-state index is 0.0787. The summed E-state index contributed by atoms with van der Waals surface area (Å²) in [6.07, 6.45) is 0. The van der Waals surface area contributed by atoms with Crippen LogP contribution in [0.15, 0.2) is 33.9 Å². The Hall–Kier alpha value is -2.01. The molecule has 0 fully saturated rings. The summed E-state index contributed by atoms with van der Waals surface area (Å²) in [5, 5.41) is 0.0787. The quantitative estimate of drug-likeness (QED) is 0.849. The molecule has 0 aliphatic rings. The van der Waals surface area contributed by atoms with E-state index < -0.39 is 11.2 Å². The minimum atomic E-state index is -0.545. The first kappa shape index (κ1) is 13.4. The number of H-pyrrole nitrogens is 1. The van der Waals surface area contributed by atoms with Crippen molar-refractivity contribution in [2.75, 3.05) is 19.0 Å². The van der Waals surface area contributed by atoms with Crippen LogP contribution in [0.25, 0.3) is 5.69 Å². The third-order valence-electron chi connectivity index (χ3n) is 2.88. The van der Waals surface area contributed by atoms with Crippen LogP contribution in [-0.4, -0.2) is 23.6 Å². The average molecular weight is 280 g/mol. The van der Waals surface area contributed by atoms with Crippen molar-refractivity contribution in [3.05, 3.63) is 55.8 Å². The van der Waals surface area contributed by atoms with Gasteiger partial charge in [0.1, 0.15) is 5.15 Å². The van der Waals surface area contributed by atoms with Gasteiger partial charge in [-0.05, 0) is 25.1 Å². The molecule has 0 saturated carbocycles. The van der Waals surface area contributed by atoms with Crippen LogP contribution in [0, 0.1) is 6.92 Å². The van der Waals surface area contributed by atoms with Gasteiger partial charge in [-0.15, -0.1) is 0 Å². The monoisotopic (exact) mass is 279 g/mol. The molecule has 2 rings (SSSR count). The molecule has 1 heterocycles. The van der Waals surface area contributed by atoms with Crippen LogP contribution in [0.2, 0.25) is 5.15 Å². The molecule has 5 nitrogen and oxygen atoms in total. The molecule has 0 atom stereocenters. The number of nitrogens with one attached hydrogen (secondary N) is 1. The highest BCUT2D eigenvalue weighted by atomic mass is 35.5. The fraction of sp³-hybridized carbons (Fsp3) is 0.231. The van der Waals surface area contributed by atoms with Crippen molar-refractivity contribution in [3.63, 3.8) is 0 Å². The highest BCUT2D eigenvalue weighted by molar-refractivity contribution is 6.30. The van der Waals surface area contributed by atoms with E-state index in [1.807, 2.05) is 25.1 Å². The van der Waals surface area contributed by atoms with Crippen LogP contribution in [0.4, 0.5) is 5.69 Å². The lowest BCUT2D eigenvalue weighted by Gasteiger charge is -2.14. The number of nitrogens with zero attached hydrogens (tertiary/aromatic N) is 2. The molecule has 0 spiro atoms. The van der Waals surface area contributed by atoms with E-state index in [-0.39, 0.29) is 5.15 Å². The first-order chi connectivity index (χ1) is 8.91. The summed E-state index contributed by atoms with van der Waals surface area (Å²) >= 11 is 5.78. The van der Waals surface area contributed by atoms with Gasteiger partial charge in [0, 0.05) is 19.8 Å². The van der Waals surface area contributed by atoms with Crippen LogP contribution in [0.5, 0.6) is 0 Å². The Bertz CT molecular complexity index is 731. The average Bonchev–Trinajstić information content (AvgIpc) is 2.36. The lowest BCUT2D eigenvalue weighted by atomic mass is 10.2. The summed E-state index contributed by atoms with van der Waals surface area (Å²) in [5.41, 5.74) is 0.770. The second kappa shape index (κ2) is 4.93. The second-order valence-corrected chi connectivity index (χ2v) is 4.80. The first-order valence-electron chi connectivity index (χ1n) is 5.71. The first-order valence-corrected chi connectivity index (χ1v) is 6.09. The highest BCUT2D eigenvalue weighted by Crippen LogP contribution is 2.15. The Morgan fingerprint density at radius 2 is 1.95 bits per heavy atom. The number of hydrogen-bond acceptors (Lipinski definition) is 3. The van der Waals surface area contributed by atoms with Crippen molar-refractivity contribution in [1.82, 2.24) is 9.55 Å². The molecular formula is C13H14ClN3O2. The van der Waals surface area contributed by atoms with E-state index in [0.717, 1.165) is 10.3 Å². The molecule has 0 unspecified atom stereocenters. The standard InChI is InChI=1S/C13H14ClN3O2/c1-8-11(14)15-13(19)17(12(8)18)10-6-4-5-9(7-10)16(2)3/h4-7H,1-3H3,(H,15,19). The van der Waals surface area contributed by atoms with Gasteiger partial charge < -0.3 is 4.90 Å². The van der Waals surface area contributed by atoms with Gasteiger partial charge >= 0.3 is 5.69 Å². The molecule has 0 aliphatic heterocycles. The van der Waals surface area contributed by atoms with Crippen molar-refractivity contribution < 1.29 is 0 Å². The maximum absolute atomic E-state index is 12.1. The van der Waals surface area contributed by atoms with Crippen molar-refractivity contribution in [1.29, 1.82) is 0 Å². The zero-order valence-electron chi connectivity index (χ0n) is 10.9. The van der Waals surface area contributed by atoms with E-state index in [4.69, 9.17) is 11.6 Å².